The quantitative estimate of drug-likeness (QED) is 0.364. The standard InChI is InChI=1S/C23H21ClN6O4S/c1-15-11-16(2)13-18(12-15)34-14-30-10-9-20(28-30)23(31)25-17-3-5-19(6-4-17)35(32,33)29-22-8-7-21(24)26-27-22/h3-13H,14H2,1-2H3,(H,25,31)(H,27,29). The molecule has 12 heteroatoms. The van der Waals surface area contributed by atoms with E-state index in [-0.39, 0.29) is 28.3 Å². The van der Waals surface area contributed by atoms with Crippen LogP contribution in [-0.2, 0) is 16.8 Å². The number of aromatic nitrogens is 4. The molecule has 2 aromatic carbocycles. The van der Waals surface area contributed by atoms with Crippen molar-refractivity contribution in [3.8, 4) is 5.75 Å². The van der Waals surface area contributed by atoms with Crippen molar-refractivity contribution in [1.29, 1.82) is 0 Å². The third kappa shape index (κ3) is 6.34. The predicted molar refractivity (Wildman–Crippen MR) is 131 cm³/mol. The number of ether oxygens (including phenoxy) is 1. The van der Waals surface area contributed by atoms with Crippen LogP contribution in [0, 0.1) is 13.8 Å². The number of rotatable bonds is 8. The monoisotopic (exact) mass is 512 g/mol. The number of carbonyl (C=O) groups is 1. The van der Waals surface area contributed by atoms with E-state index < -0.39 is 15.9 Å². The highest BCUT2D eigenvalue weighted by molar-refractivity contribution is 7.92. The smallest absolute Gasteiger partial charge is 0.276 e. The second-order valence-corrected chi connectivity index (χ2v) is 9.73. The minimum Gasteiger partial charge on any atom is -0.471 e. The van der Waals surface area contributed by atoms with Crippen LogP contribution in [0.25, 0.3) is 0 Å². The molecule has 180 valence electrons. The van der Waals surface area contributed by atoms with Crippen molar-refractivity contribution < 1.29 is 17.9 Å². The Morgan fingerprint density at radius 2 is 1.71 bits per heavy atom. The van der Waals surface area contributed by atoms with Crippen molar-refractivity contribution in [2.75, 3.05) is 10.0 Å². The molecule has 2 aromatic heterocycles. The Balaban J connectivity index is 1.36. The molecular weight excluding hydrogens is 492 g/mol. The summed E-state index contributed by atoms with van der Waals surface area (Å²) in [6.45, 7) is 4.12. The third-order valence-corrected chi connectivity index (χ3v) is 6.30. The number of hydrogen-bond acceptors (Lipinski definition) is 7. The molecule has 0 bridgehead atoms. The zero-order valence-electron chi connectivity index (χ0n) is 18.8. The molecule has 0 unspecified atom stereocenters. The van der Waals surface area contributed by atoms with Gasteiger partial charge in [0.1, 0.15) is 5.75 Å². The van der Waals surface area contributed by atoms with Gasteiger partial charge in [-0.05, 0) is 79.6 Å². The minimum atomic E-state index is -3.89. The summed E-state index contributed by atoms with van der Waals surface area (Å²) in [5.74, 6) is 0.306. The molecule has 0 saturated heterocycles. The average molecular weight is 513 g/mol. The van der Waals surface area contributed by atoms with E-state index in [4.69, 9.17) is 16.3 Å². The Kier molecular flexibility index (Phi) is 6.99. The molecule has 2 heterocycles. The van der Waals surface area contributed by atoms with Gasteiger partial charge in [0.2, 0.25) is 0 Å². The summed E-state index contributed by atoms with van der Waals surface area (Å²) < 4.78 is 34.6. The van der Waals surface area contributed by atoms with Gasteiger partial charge in [0.15, 0.2) is 23.4 Å². The summed E-state index contributed by atoms with van der Waals surface area (Å²) >= 11 is 5.66. The van der Waals surface area contributed by atoms with Crippen molar-refractivity contribution in [2.24, 2.45) is 0 Å². The van der Waals surface area contributed by atoms with Crippen LogP contribution in [-0.4, -0.2) is 34.3 Å². The first-order valence-corrected chi connectivity index (χ1v) is 12.2. The number of amides is 1. The summed E-state index contributed by atoms with van der Waals surface area (Å²) in [7, 11) is -3.89. The molecule has 2 N–H and O–H groups in total. The number of sulfonamides is 1. The van der Waals surface area contributed by atoms with Gasteiger partial charge >= 0.3 is 0 Å². The first-order valence-electron chi connectivity index (χ1n) is 10.4. The number of nitrogens with zero attached hydrogens (tertiary/aromatic N) is 4. The van der Waals surface area contributed by atoms with Gasteiger partial charge in [-0.1, -0.05) is 17.7 Å². The Hall–Kier alpha value is -3.96. The van der Waals surface area contributed by atoms with Crippen molar-refractivity contribution >= 4 is 39.0 Å². The molecule has 10 nitrogen and oxygen atoms in total. The lowest BCUT2D eigenvalue weighted by atomic mass is 10.1. The second kappa shape index (κ2) is 10.1. The lowest BCUT2D eigenvalue weighted by Gasteiger charge is -2.09. The Morgan fingerprint density at radius 3 is 2.37 bits per heavy atom. The van der Waals surface area contributed by atoms with Gasteiger partial charge in [-0.15, -0.1) is 10.2 Å². The number of carbonyl (C=O) groups excluding carboxylic acids is 1. The molecule has 0 atom stereocenters. The van der Waals surface area contributed by atoms with Crippen molar-refractivity contribution in [3.63, 3.8) is 0 Å². The van der Waals surface area contributed by atoms with Gasteiger partial charge in [-0.2, -0.15) is 5.10 Å². The molecule has 0 spiro atoms. The average Bonchev–Trinajstić information content (AvgIpc) is 3.28. The van der Waals surface area contributed by atoms with Crippen molar-refractivity contribution in [1.82, 2.24) is 20.0 Å². The van der Waals surface area contributed by atoms with Gasteiger partial charge in [0.25, 0.3) is 15.9 Å². The molecular formula is C23H21ClN6O4S. The molecule has 1 amide bonds. The highest BCUT2D eigenvalue weighted by atomic mass is 35.5. The minimum absolute atomic E-state index is 0.0138. The van der Waals surface area contributed by atoms with E-state index in [1.807, 2.05) is 26.0 Å². The molecule has 0 radical (unpaired) electrons. The summed E-state index contributed by atoms with van der Waals surface area (Å²) in [6.07, 6.45) is 1.64. The molecule has 0 saturated carbocycles. The Labute approximate surface area is 207 Å². The lowest BCUT2D eigenvalue weighted by Crippen LogP contribution is -2.16. The van der Waals surface area contributed by atoms with Crippen LogP contribution < -0.4 is 14.8 Å². The van der Waals surface area contributed by atoms with E-state index >= 15 is 0 Å². The second-order valence-electron chi connectivity index (χ2n) is 7.66. The van der Waals surface area contributed by atoms with Crippen LogP contribution in [0.2, 0.25) is 5.15 Å². The lowest BCUT2D eigenvalue weighted by molar-refractivity contribution is 0.102. The summed E-state index contributed by atoms with van der Waals surface area (Å²) in [6, 6.07) is 15.9. The van der Waals surface area contributed by atoms with Crippen LogP contribution in [0.3, 0.4) is 0 Å². The van der Waals surface area contributed by atoms with Gasteiger partial charge < -0.3 is 10.1 Å². The Morgan fingerprint density at radius 1 is 1.00 bits per heavy atom. The van der Waals surface area contributed by atoms with E-state index in [9.17, 15) is 13.2 Å². The van der Waals surface area contributed by atoms with Crippen LogP contribution >= 0.6 is 11.6 Å². The molecule has 0 fully saturated rings. The van der Waals surface area contributed by atoms with E-state index in [1.54, 1.807) is 12.3 Å². The molecule has 4 aromatic rings. The Bertz CT molecular complexity index is 1430. The third-order valence-electron chi connectivity index (χ3n) is 4.73. The van der Waals surface area contributed by atoms with Gasteiger partial charge in [-0.3, -0.25) is 9.52 Å². The molecule has 0 aliphatic carbocycles. The topological polar surface area (TPSA) is 128 Å². The van der Waals surface area contributed by atoms with E-state index in [0.29, 0.717) is 5.69 Å². The summed E-state index contributed by atoms with van der Waals surface area (Å²) in [4.78, 5) is 12.5. The number of halogens is 1. The van der Waals surface area contributed by atoms with Crippen LogP contribution in [0.15, 0.2) is 71.8 Å². The first kappa shape index (κ1) is 24.2. The van der Waals surface area contributed by atoms with Gasteiger partial charge in [0, 0.05) is 11.9 Å². The zero-order valence-corrected chi connectivity index (χ0v) is 20.3. The highest BCUT2D eigenvalue weighted by Gasteiger charge is 2.16. The van der Waals surface area contributed by atoms with E-state index in [2.05, 4.69) is 31.4 Å². The molecule has 4 rings (SSSR count). The summed E-state index contributed by atoms with van der Waals surface area (Å²) in [5, 5.41) is 14.3. The zero-order chi connectivity index (χ0) is 25.0. The number of benzene rings is 2. The number of hydrogen-bond donors (Lipinski definition) is 2. The maximum atomic E-state index is 12.6. The fourth-order valence-electron chi connectivity index (χ4n) is 3.19. The molecule has 0 aliphatic heterocycles. The predicted octanol–water partition coefficient (Wildman–Crippen LogP) is 4.03. The molecule has 0 aliphatic rings. The number of aryl methyl sites for hydroxylation is 2. The maximum absolute atomic E-state index is 12.6. The fourth-order valence-corrected chi connectivity index (χ4v) is 4.29. The normalized spacial score (nSPS) is 11.2. The van der Waals surface area contributed by atoms with Crippen molar-refractivity contribution in [2.45, 2.75) is 25.5 Å². The van der Waals surface area contributed by atoms with Gasteiger partial charge in [-0.25, -0.2) is 13.1 Å². The van der Waals surface area contributed by atoms with Crippen LogP contribution in [0.4, 0.5) is 11.5 Å². The SMILES string of the molecule is Cc1cc(C)cc(OCn2ccc(C(=O)Nc3ccc(S(=O)(=O)Nc4ccc(Cl)nn4)cc3)n2)c1. The van der Waals surface area contributed by atoms with E-state index in [0.717, 1.165) is 16.9 Å². The first-order chi connectivity index (χ1) is 16.7. The largest absolute Gasteiger partial charge is 0.471 e. The van der Waals surface area contributed by atoms with Crippen molar-refractivity contribution in [3.05, 3.63) is 88.8 Å². The highest BCUT2D eigenvalue weighted by Crippen LogP contribution is 2.19. The van der Waals surface area contributed by atoms with Gasteiger partial charge in [0.05, 0.1) is 4.90 Å². The summed E-state index contributed by atoms with van der Waals surface area (Å²) in [5.41, 5.74) is 2.78. The van der Waals surface area contributed by atoms with E-state index in [1.165, 1.54) is 41.1 Å². The molecule has 35 heavy (non-hydrogen) atoms. The fraction of sp³-hybridized carbons (Fsp3) is 0.130. The number of anilines is 2. The number of nitrogens with one attached hydrogen (secondary N) is 2. The van der Waals surface area contributed by atoms with Crippen LogP contribution in [0.1, 0.15) is 21.6 Å². The van der Waals surface area contributed by atoms with Crippen LogP contribution in [0.5, 0.6) is 5.75 Å². The maximum Gasteiger partial charge on any atom is 0.276 e.